The van der Waals surface area contributed by atoms with Crippen molar-refractivity contribution in [1.29, 1.82) is 0 Å². The number of aromatic nitrogens is 1. The molecular weight excluding hydrogens is 731 g/mol. The third-order valence-electron chi connectivity index (χ3n) is 9.88. The molecule has 6 unspecified atom stereocenters. The minimum atomic E-state index is -4.63. The van der Waals surface area contributed by atoms with Gasteiger partial charge in [-0.15, -0.1) is 11.8 Å². The zero-order valence-corrected chi connectivity index (χ0v) is 27.9. The fourth-order valence-corrected chi connectivity index (χ4v) is 11.5. The van der Waals surface area contributed by atoms with E-state index in [-0.39, 0.29) is 46.1 Å². The van der Waals surface area contributed by atoms with Crippen molar-refractivity contribution in [1.82, 2.24) is 4.98 Å². The molecule has 48 heavy (non-hydrogen) atoms. The Balaban J connectivity index is 1.15. The normalized spacial score (nSPS) is 27.1. The van der Waals surface area contributed by atoms with Crippen LogP contribution in [0.3, 0.4) is 0 Å². The van der Waals surface area contributed by atoms with Gasteiger partial charge in [-0.3, -0.25) is 24.1 Å². The number of rotatable bonds is 6. The standard InChI is InChI=1S/C34H25BrF3N3O5S2/c35-16-9-10-22(46-14-23(42)39-17-6-2-1-3-7-17)19(12-16)24-25-20-13-21(28(25)47-30-29(24)48-33(45)40-30)27-26(20)31(43)41(32(27)44)18-8-4-5-15(11-18)34(36,37)38/h1-12,20-21,24-28H,13-14H2,(H,39,42)(H,40,45)/t20?,21?,24-,25?,26?,27?,28?/m1/s1. The van der Waals surface area contributed by atoms with Gasteiger partial charge in [0.25, 0.3) is 5.91 Å². The molecule has 2 bridgehead atoms. The molecule has 8 nitrogen and oxygen atoms in total. The van der Waals surface area contributed by atoms with Gasteiger partial charge in [-0.1, -0.05) is 51.5 Å². The largest absolute Gasteiger partial charge is 0.483 e. The second-order valence-corrected chi connectivity index (χ2v) is 15.5. The molecule has 246 valence electrons. The predicted octanol–water partition coefficient (Wildman–Crippen LogP) is 6.91. The maximum atomic E-state index is 14.1. The molecule has 2 aliphatic carbocycles. The smallest absolute Gasteiger partial charge is 0.416 e. The van der Waals surface area contributed by atoms with E-state index in [9.17, 15) is 32.3 Å². The number of nitrogens with zero attached hydrogens (tertiary/aromatic N) is 1. The fraction of sp³-hybridized carbons (Fsp3) is 0.294. The van der Waals surface area contributed by atoms with Gasteiger partial charge < -0.3 is 15.0 Å². The molecule has 2 aliphatic heterocycles. The van der Waals surface area contributed by atoms with Crippen LogP contribution in [0.2, 0.25) is 0 Å². The number of benzene rings is 3. The molecule has 14 heteroatoms. The number of aromatic amines is 1. The zero-order valence-electron chi connectivity index (χ0n) is 24.7. The number of carbonyl (C=O) groups excluding carboxylic acids is 3. The van der Waals surface area contributed by atoms with E-state index in [1.165, 1.54) is 23.9 Å². The highest BCUT2D eigenvalue weighted by Gasteiger charge is 2.70. The Bertz CT molecular complexity index is 2040. The van der Waals surface area contributed by atoms with Crippen molar-refractivity contribution < 1.29 is 32.3 Å². The van der Waals surface area contributed by atoms with Crippen LogP contribution in [0.15, 0.2) is 87.1 Å². The SMILES string of the molecule is O=C(COc1ccc(Br)cc1[C@H]1c2sc(=O)[nH]c2SC2C3CC(C4C(=O)N(c5cccc(C(F)(F)F)c5)C(=O)C34)C21)Nc1ccccc1. The number of fused-ring (bicyclic) bond motifs is 9. The van der Waals surface area contributed by atoms with E-state index < -0.39 is 41.3 Å². The van der Waals surface area contributed by atoms with Gasteiger partial charge in [0.05, 0.1) is 28.1 Å². The van der Waals surface area contributed by atoms with Crippen LogP contribution in [0, 0.1) is 29.6 Å². The van der Waals surface area contributed by atoms with Crippen LogP contribution in [0.25, 0.3) is 0 Å². The second kappa shape index (κ2) is 11.6. The molecule has 3 amide bonds. The van der Waals surface area contributed by atoms with E-state index in [0.29, 0.717) is 22.9 Å². The topological polar surface area (TPSA) is 109 Å². The molecule has 4 aliphatic rings. The summed E-state index contributed by atoms with van der Waals surface area (Å²) in [5, 5.41) is 3.35. The van der Waals surface area contributed by atoms with E-state index in [1.807, 2.05) is 24.3 Å². The number of hydrogen-bond donors (Lipinski definition) is 2. The number of hydrogen-bond acceptors (Lipinski definition) is 7. The number of nitrogens with one attached hydrogen (secondary N) is 2. The van der Waals surface area contributed by atoms with E-state index in [1.54, 1.807) is 24.3 Å². The summed E-state index contributed by atoms with van der Waals surface area (Å²) < 4.78 is 47.5. The molecule has 1 aromatic heterocycles. The maximum Gasteiger partial charge on any atom is 0.416 e. The van der Waals surface area contributed by atoms with Crippen molar-refractivity contribution >= 4 is 68.1 Å². The number of amides is 3. The van der Waals surface area contributed by atoms with Crippen LogP contribution in [-0.2, 0) is 20.6 Å². The molecule has 4 aromatic rings. The summed E-state index contributed by atoms with van der Waals surface area (Å²) in [7, 11) is 0. The summed E-state index contributed by atoms with van der Waals surface area (Å²) in [6.45, 7) is -0.273. The summed E-state index contributed by atoms with van der Waals surface area (Å²) in [6, 6.07) is 18.8. The molecule has 8 rings (SSSR count). The Hall–Kier alpha value is -3.88. The zero-order chi connectivity index (χ0) is 33.5. The average molecular weight is 757 g/mol. The molecule has 7 atom stereocenters. The van der Waals surface area contributed by atoms with Crippen molar-refractivity contribution in [2.24, 2.45) is 29.6 Å². The number of thiazole rings is 1. The van der Waals surface area contributed by atoms with E-state index >= 15 is 0 Å². The highest BCUT2D eigenvalue weighted by atomic mass is 79.9. The molecule has 0 radical (unpaired) electrons. The van der Waals surface area contributed by atoms with Gasteiger partial charge in [0.1, 0.15) is 5.75 Å². The first-order chi connectivity index (χ1) is 23.0. The van der Waals surface area contributed by atoms with Gasteiger partial charge in [0, 0.05) is 31.8 Å². The highest BCUT2D eigenvalue weighted by molar-refractivity contribution is 9.10. The quantitative estimate of drug-likeness (QED) is 0.207. The number of thioether (sulfide) groups is 1. The lowest BCUT2D eigenvalue weighted by Crippen LogP contribution is -2.42. The predicted molar refractivity (Wildman–Crippen MR) is 177 cm³/mol. The number of carbonyl (C=O) groups is 3. The van der Waals surface area contributed by atoms with E-state index in [2.05, 4.69) is 26.2 Å². The Morgan fingerprint density at radius 1 is 0.979 bits per heavy atom. The van der Waals surface area contributed by atoms with Crippen LogP contribution in [0.1, 0.15) is 28.3 Å². The molecular formula is C34H25BrF3N3O5S2. The Labute approximate surface area is 288 Å². The lowest BCUT2D eigenvalue weighted by atomic mass is 9.68. The first-order valence-corrected chi connectivity index (χ1v) is 17.7. The summed E-state index contributed by atoms with van der Waals surface area (Å²) in [5.41, 5.74) is 0.348. The van der Waals surface area contributed by atoms with Crippen LogP contribution in [0.5, 0.6) is 5.75 Å². The van der Waals surface area contributed by atoms with Gasteiger partial charge in [0.15, 0.2) is 6.61 Å². The van der Waals surface area contributed by atoms with Gasteiger partial charge in [-0.2, -0.15) is 13.2 Å². The number of halogens is 4. The summed E-state index contributed by atoms with van der Waals surface area (Å²) >= 11 is 6.16. The van der Waals surface area contributed by atoms with Crippen molar-refractivity contribution in [2.75, 3.05) is 16.8 Å². The number of imide groups is 1. The number of para-hydroxylation sites is 1. The van der Waals surface area contributed by atoms with Crippen molar-refractivity contribution in [3.63, 3.8) is 0 Å². The van der Waals surface area contributed by atoms with Gasteiger partial charge in [-0.05, 0) is 72.7 Å². The summed E-state index contributed by atoms with van der Waals surface area (Å²) in [4.78, 5) is 58.0. The Kier molecular flexibility index (Phi) is 7.60. The minimum Gasteiger partial charge on any atom is -0.483 e. The van der Waals surface area contributed by atoms with E-state index in [4.69, 9.17) is 4.74 Å². The number of ether oxygens (including phenoxy) is 1. The number of H-pyrrole nitrogens is 1. The number of anilines is 2. The van der Waals surface area contributed by atoms with Crippen LogP contribution < -0.4 is 19.8 Å². The van der Waals surface area contributed by atoms with Gasteiger partial charge >= 0.3 is 11.0 Å². The van der Waals surface area contributed by atoms with Crippen LogP contribution >= 0.6 is 39.0 Å². The Morgan fingerprint density at radius 3 is 2.48 bits per heavy atom. The molecule has 0 spiro atoms. The fourth-order valence-electron chi connectivity index (χ4n) is 8.20. The van der Waals surface area contributed by atoms with Gasteiger partial charge in [-0.25, -0.2) is 0 Å². The first kappa shape index (κ1) is 31.4. The van der Waals surface area contributed by atoms with Crippen molar-refractivity contribution in [3.05, 3.63) is 103 Å². The molecule has 1 saturated heterocycles. The highest BCUT2D eigenvalue weighted by Crippen LogP contribution is 2.69. The first-order valence-electron chi connectivity index (χ1n) is 15.2. The van der Waals surface area contributed by atoms with Crippen LogP contribution in [-0.4, -0.2) is 34.6 Å². The molecule has 3 aromatic carbocycles. The summed E-state index contributed by atoms with van der Waals surface area (Å²) in [5.74, 6) is -3.33. The molecule has 3 heterocycles. The minimum absolute atomic E-state index is 0.0827. The van der Waals surface area contributed by atoms with Crippen molar-refractivity contribution in [2.45, 2.75) is 28.8 Å². The van der Waals surface area contributed by atoms with Gasteiger partial charge in [0.2, 0.25) is 11.8 Å². The Morgan fingerprint density at radius 2 is 1.73 bits per heavy atom. The van der Waals surface area contributed by atoms with Crippen molar-refractivity contribution in [3.8, 4) is 5.75 Å². The van der Waals surface area contributed by atoms with Crippen LogP contribution in [0.4, 0.5) is 24.5 Å². The lowest BCUT2D eigenvalue weighted by molar-refractivity contribution is -0.137. The van der Waals surface area contributed by atoms with E-state index in [0.717, 1.165) is 43.3 Å². The monoisotopic (exact) mass is 755 g/mol. The molecule has 2 saturated carbocycles. The third-order valence-corrected chi connectivity index (χ3v) is 13.0. The lowest BCUT2D eigenvalue weighted by Gasteiger charge is -2.43. The second-order valence-electron chi connectivity index (χ2n) is 12.4. The molecule has 3 fully saturated rings. The third kappa shape index (κ3) is 5.10. The number of alkyl halides is 3. The molecule has 2 N–H and O–H groups in total. The maximum absolute atomic E-state index is 14.1. The average Bonchev–Trinajstić information content (AvgIpc) is 3.79. The summed E-state index contributed by atoms with van der Waals surface area (Å²) in [6.07, 6.45) is -4.03.